The predicted octanol–water partition coefficient (Wildman–Crippen LogP) is 3.52. The number of benzene rings is 1. The average molecular weight is 276 g/mol. The highest BCUT2D eigenvalue weighted by Crippen LogP contribution is 2.14. The Morgan fingerprint density at radius 1 is 1.42 bits per heavy atom. The van der Waals surface area contributed by atoms with E-state index in [0.29, 0.717) is 5.56 Å². The van der Waals surface area contributed by atoms with Gasteiger partial charge in [-0.3, -0.25) is 10.1 Å². The zero-order valence-electron chi connectivity index (χ0n) is 10.3. The SMILES string of the molecule is Cc1ccc(/C=N\OCc2cccc([N+](=O)[O-])c2)s1. The lowest BCUT2D eigenvalue weighted by Crippen LogP contribution is -1.91. The van der Waals surface area contributed by atoms with Crippen molar-refractivity contribution in [3.63, 3.8) is 0 Å². The van der Waals surface area contributed by atoms with Crippen LogP contribution in [-0.4, -0.2) is 11.1 Å². The molecule has 5 nitrogen and oxygen atoms in total. The summed E-state index contributed by atoms with van der Waals surface area (Å²) in [6, 6.07) is 10.3. The Labute approximate surface area is 114 Å². The maximum Gasteiger partial charge on any atom is 0.269 e. The molecule has 1 heterocycles. The minimum absolute atomic E-state index is 0.0546. The Kier molecular flexibility index (Phi) is 4.25. The van der Waals surface area contributed by atoms with E-state index in [0.717, 1.165) is 4.88 Å². The zero-order valence-corrected chi connectivity index (χ0v) is 11.1. The number of hydrogen-bond acceptors (Lipinski definition) is 5. The fraction of sp³-hybridized carbons (Fsp3) is 0.154. The van der Waals surface area contributed by atoms with Gasteiger partial charge >= 0.3 is 0 Å². The van der Waals surface area contributed by atoms with Crippen LogP contribution in [0, 0.1) is 17.0 Å². The molecule has 0 aliphatic carbocycles. The van der Waals surface area contributed by atoms with Crippen LogP contribution in [0.25, 0.3) is 0 Å². The third kappa shape index (κ3) is 3.89. The van der Waals surface area contributed by atoms with Gasteiger partial charge in [0.1, 0.15) is 6.61 Å². The second-order valence-corrected chi connectivity index (χ2v) is 5.20. The van der Waals surface area contributed by atoms with Gasteiger partial charge in [-0.25, -0.2) is 0 Å². The van der Waals surface area contributed by atoms with Crippen LogP contribution in [-0.2, 0) is 11.4 Å². The minimum atomic E-state index is -0.429. The van der Waals surface area contributed by atoms with Crippen molar-refractivity contribution in [1.29, 1.82) is 0 Å². The van der Waals surface area contributed by atoms with E-state index in [-0.39, 0.29) is 12.3 Å². The number of aryl methyl sites for hydroxylation is 1. The second kappa shape index (κ2) is 6.10. The van der Waals surface area contributed by atoms with Crippen molar-refractivity contribution < 1.29 is 9.76 Å². The van der Waals surface area contributed by atoms with Crippen LogP contribution < -0.4 is 0 Å². The largest absolute Gasteiger partial charge is 0.391 e. The summed E-state index contributed by atoms with van der Waals surface area (Å²) in [6.07, 6.45) is 1.63. The zero-order chi connectivity index (χ0) is 13.7. The first-order valence-corrected chi connectivity index (χ1v) is 6.42. The van der Waals surface area contributed by atoms with Gasteiger partial charge in [0.05, 0.1) is 11.1 Å². The number of hydrogen-bond donors (Lipinski definition) is 0. The van der Waals surface area contributed by atoms with E-state index in [1.54, 1.807) is 29.7 Å². The summed E-state index contributed by atoms with van der Waals surface area (Å²) in [5, 5.41) is 14.4. The normalized spacial score (nSPS) is 10.8. The van der Waals surface area contributed by atoms with Crippen LogP contribution in [0.1, 0.15) is 15.3 Å². The molecule has 0 atom stereocenters. The molecule has 98 valence electrons. The Balaban J connectivity index is 1.90. The van der Waals surface area contributed by atoms with Crippen LogP contribution in [0.2, 0.25) is 0 Å². The first kappa shape index (κ1) is 13.2. The maximum absolute atomic E-state index is 10.6. The van der Waals surface area contributed by atoms with Crippen LogP contribution in [0.4, 0.5) is 5.69 Å². The summed E-state index contributed by atoms with van der Waals surface area (Å²) in [4.78, 5) is 17.5. The standard InChI is InChI=1S/C13H12N2O3S/c1-10-5-6-13(19-10)8-14-18-9-11-3-2-4-12(7-11)15(16)17/h2-8H,9H2,1H3/b14-8-. The number of nitro benzene ring substituents is 1. The summed E-state index contributed by atoms with van der Waals surface area (Å²) in [5.74, 6) is 0. The average Bonchev–Trinajstić information content (AvgIpc) is 2.81. The second-order valence-electron chi connectivity index (χ2n) is 3.88. The molecule has 0 aliphatic heterocycles. The summed E-state index contributed by atoms with van der Waals surface area (Å²) in [6.45, 7) is 2.23. The molecule has 1 aromatic heterocycles. The third-order valence-electron chi connectivity index (χ3n) is 2.37. The van der Waals surface area contributed by atoms with Crippen molar-refractivity contribution in [2.75, 3.05) is 0 Å². The van der Waals surface area contributed by atoms with Gasteiger partial charge in [-0.05, 0) is 24.6 Å². The number of thiophene rings is 1. The monoisotopic (exact) mass is 276 g/mol. The molecule has 0 amide bonds. The predicted molar refractivity (Wildman–Crippen MR) is 74.5 cm³/mol. The van der Waals surface area contributed by atoms with Gasteiger partial charge in [0, 0.05) is 21.9 Å². The highest BCUT2D eigenvalue weighted by atomic mass is 32.1. The topological polar surface area (TPSA) is 64.7 Å². The Morgan fingerprint density at radius 3 is 2.95 bits per heavy atom. The van der Waals surface area contributed by atoms with Crippen molar-refractivity contribution in [1.82, 2.24) is 0 Å². The summed E-state index contributed by atoms with van der Waals surface area (Å²) in [5.41, 5.74) is 0.771. The Morgan fingerprint density at radius 2 is 2.26 bits per heavy atom. The number of nitrogens with zero attached hydrogens (tertiary/aromatic N) is 2. The van der Waals surface area contributed by atoms with Crippen LogP contribution in [0.15, 0.2) is 41.6 Å². The fourth-order valence-corrected chi connectivity index (χ4v) is 2.22. The van der Waals surface area contributed by atoms with Gasteiger partial charge < -0.3 is 4.84 Å². The molecule has 0 aliphatic rings. The first-order chi connectivity index (χ1) is 9.15. The molecule has 0 fully saturated rings. The van der Waals surface area contributed by atoms with E-state index in [1.165, 1.54) is 17.0 Å². The molecule has 2 aromatic rings. The number of rotatable bonds is 5. The molecule has 0 N–H and O–H groups in total. The van der Waals surface area contributed by atoms with Gasteiger partial charge in [-0.1, -0.05) is 17.3 Å². The number of oxime groups is 1. The third-order valence-corrected chi connectivity index (χ3v) is 3.30. The van der Waals surface area contributed by atoms with Crippen LogP contribution >= 0.6 is 11.3 Å². The van der Waals surface area contributed by atoms with Crippen molar-refractivity contribution >= 4 is 23.2 Å². The quantitative estimate of drug-likeness (QED) is 0.477. The summed E-state index contributed by atoms with van der Waals surface area (Å²) in [7, 11) is 0. The molecule has 6 heteroatoms. The number of nitro groups is 1. The van der Waals surface area contributed by atoms with E-state index < -0.39 is 4.92 Å². The van der Waals surface area contributed by atoms with E-state index in [4.69, 9.17) is 4.84 Å². The van der Waals surface area contributed by atoms with Crippen LogP contribution in [0.3, 0.4) is 0 Å². The molecule has 0 saturated carbocycles. The fourth-order valence-electron chi connectivity index (χ4n) is 1.48. The molecule has 19 heavy (non-hydrogen) atoms. The molecule has 0 radical (unpaired) electrons. The molecule has 2 rings (SSSR count). The molecule has 0 bridgehead atoms. The van der Waals surface area contributed by atoms with Crippen LogP contribution in [0.5, 0.6) is 0 Å². The lowest BCUT2D eigenvalue weighted by Gasteiger charge is -1.99. The molecular formula is C13H12N2O3S. The van der Waals surface area contributed by atoms with Gasteiger partial charge in [-0.15, -0.1) is 11.3 Å². The molecule has 1 aromatic carbocycles. The van der Waals surface area contributed by atoms with Crippen molar-refractivity contribution in [3.8, 4) is 0 Å². The highest BCUT2D eigenvalue weighted by molar-refractivity contribution is 7.13. The van der Waals surface area contributed by atoms with Crippen molar-refractivity contribution in [3.05, 3.63) is 61.8 Å². The van der Waals surface area contributed by atoms with E-state index in [9.17, 15) is 10.1 Å². The van der Waals surface area contributed by atoms with Gasteiger partial charge in [0.2, 0.25) is 0 Å². The Bertz CT molecular complexity index is 607. The Hall–Kier alpha value is -2.21. The molecule has 0 unspecified atom stereocenters. The smallest absolute Gasteiger partial charge is 0.269 e. The van der Waals surface area contributed by atoms with Crippen molar-refractivity contribution in [2.24, 2.45) is 5.16 Å². The lowest BCUT2D eigenvalue weighted by atomic mass is 10.2. The summed E-state index contributed by atoms with van der Waals surface area (Å²) < 4.78 is 0. The van der Waals surface area contributed by atoms with Gasteiger partial charge in [0.15, 0.2) is 0 Å². The number of non-ortho nitro benzene ring substituents is 1. The van der Waals surface area contributed by atoms with Gasteiger partial charge in [-0.2, -0.15) is 0 Å². The molecular weight excluding hydrogens is 264 g/mol. The highest BCUT2D eigenvalue weighted by Gasteiger charge is 2.05. The van der Waals surface area contributed by atoms with Gasteiger partial charge in [0.25, 0.3) is 5.69 Å². The van der Waals surface area contributed by atoms with E-state index >= 15 is 0 Å². The molecule has 0 saturated heterocycles. The minimum Gasteiger partial charge on any atom is -0.391 e. The summed E-state index contributed by atoms with van der Waals surface area (Å²) >= 11 is 1.62. The van der Waals surface area contributed by atoms with E-state index in [1.807, 2.05) is 19.1 Å². The lowest BCUT2D eigenvalue weighted by molar-refractivity contribution is -0.384. The first-order valence-electron chi connectivity index (χ1n) is 5.60. The maximum atomic E-state index is 10.6. The van der Waals surface area contributed by atoms with Crippen molar-refractivity contribution in [2.45, 2.75) is 13.5 Å². The molecule has 0 spiro atoms. The van der Waals surface area contributed by atoms with E-state index in [2.05, 4.69) is 5.16 Å².